The molecule has 104 valence electrons. The van der Waals surface area contributed by atoms with Gasteiger partial charge in [0.2, 0.25) is 5.91 Å². The highest BCUT2D eigenvalue weighted by molar-refractivity contribution is 5.84. The van der Waals surface area contributed by atoms with Gasteiger partial charge in [-0.15, -0.1) is 0 Å². The Hall–Kier alpha value is -1.35. The van der Waals surface area contributed by atoms with Crippen molar-refractivity contribution in [1.29, 1.82) is 0 Å². The molecule has 2 rings (SSSR count). The number of aliphatic hydroxyl groups excluding tert-OH is 1. The molecule has 0 aromatic heterocycles. The summed E-state index contributed by atoms with van der Waals surface area (Å²) in [5.74, 6) is 0.472. The number of amides is 1. The standard InChI is InChI=1S/C16H23NO2/c1-3-14(13-7-5-4-6-8-13)16(19)17-10-9-12(2)15(17)11-18/h4-8,12,14-15,18H,3,9-11H2,1-2H3. The summed E-state index contributed by atoms with van der Waals surface area (Å²) >= 11 is 0. The molecule has 1 aromatic carbocycles. The van der Waals surface area contributed by atoms with Gasteiger partial charge in [-0.25, -0.2) is 0 Å². The van der Waals surface area contributed by atoms with Crippen molar-refractivity contribution in [2.75, 3.05) is 13.2 Å². The van der Waals surface area contributed by atoms with Gasteiger partial charge in [0, 0.05) is 6.54 Å². The van der Waals surface area contributed by atoms with Gasteiger partial charge in [0.15, 0.2) is 0 Å². The number of hydrogen-bond acceptors (Lipinski definition) is 2. The second-order valence-corrected chi connectivity index (χ2v) is 5.42. The third kappa shape index (κ3) is 2.81. The second-order valence-electron chi connectivity index (χ2n) is 5.42. The fourth-order valence-corrected chi connectivity index (χ4v) is 3.00. The minimum Gasteiger partial charge on any atom is -0.394 e. The summed E-state index contributed by atoms with van der Waals surface area (Å²) in [7, 11) is 0. The number of nitrogens with zero attached hydrogens (tertiary/aromatic N) is 1. The topological polar surface area (TPSA) is 40.5 Å². The maximum atomic E-state index is 12.7. The van der Waals surface area contributed by atoms with E-state index in [1.54, 1.807) is 0 Å². The number of benzene rings is 1. The van der Waals surface area contributed by atoms with Gasteiger partial charge in [0.1, 0.15) is 0 Å². The first-order valence-corrected chi connectivity index (χ1v) is 7.15. The van der Waals surface area contributed by atoms with Crippen LogP contribution in [0.2, 0.25) is 0 Å². The van der Waals surface area contributed by atoms with Crippen LogP contribution in [0.1, 0.15) is 38.2 Å². The Balaban J connectivity index is 2.18. The van der Waals surface area contributed by atoms with Crippen LogP contribution in [-0.4, -0.2) is 35.1 Å². The van der Waals surface area contributed by atoms with Crippen LogP contribution < -0.4 is 0 Å². The van der Waals surface area contributed by atoms with Crippen molar-refractivity contribution in [3.8, 4) is 0 Å². The quantitative estimate of drug-likeness (QED) is 0.904. The fourth-order valence-electron chi connectivity index (χ4n) is 3.00. The smallest absolute Gasteiger partial charge is 0.230 e. The van der Waals surface area contributed by atoms with Crippen LogP contribution in [0.4, 0.5) is 0 Å². The number of rotatable bonds is 4. The van der Waals surface area contributed by atoms with E-state index in [1.165, 1.54) is 0 Å². The Labute approximate surface area is 115 Å². The van der Waals surface area contributed by atoms with Crippen molar-refractivity contribution in [1.82, 2.24) is 4.90 Å². The lowest BCUT2D eigenvalue weighted by atomic mass is 9.94. The van der Waals surface area contributed by atoms with E-state index in [9.17, 15) is 9.90 Å². The Morgan fingerprint density at radius 1 is 1.42 bits per heavy atom. The number of likely N-dealkylation sites (tertiary alicyclic amines) is 1. The van der Waals surface area contributed by atoms with E-state index in [1.807, 2.05) is 42.2 Å². The minimum absolute atomic E-state index is 0.00902. The SMILES string of the molecule is CCC(C(=O)N1CCC(C)C1CO)c1ccccc1. The molecular weight excluding hydrogens is 238 g/mol. The van der Waals surface area contributed by atoms with E-state index < -0.39 is 0 Å². The first-order chi connectivity index (χ1) is 9.19. The number of carbonyl (C=O) groups excluding carboxylic acids is 1. The summed E-state index contributed by atoms with van der Waals surface area (Å²) in [6.07, 6.45) is 1.79. The van der Waals surface area contributed by atoms with E-state index in [4.69, 9.17) is 0 Å². The molecule has 19 heavy (non-hydrogen) atoms. The Morgan fingerprint density at radius 3 is 2.68 bits per heavy atom. The molecule has 1 aliphatic rings. The molecule has 0 spiro atoms. The van der Waals surface area contributed by atoms with Gasteiger partial charge in [-0.1, -0.05) is 44.2 Å². The normalized spacial score (nSPS) is 24.5. The van der Waals surface area contributed by atoms with Crippen molar-refractivity contribution in [3.63, 3.8) is 0 Å². The largest absolute Gasteiger partial charge is 0.394 e. The minimum atomic E-state index is -0.0828. The molecule has 1 saturated heterocycles. The first-order valence-electron chi connectivity index (χ1n) is 7.15. The van der Waals surface area contributed by atoms with E-state index in [-0.39, 0.29) is 24.5 Å². The van der Waals surface area contributed by atoms with Crippen LogP contribution in [-0.2, 0) is 4.79 Å². The lowest BCUT2D eigenvalue weighted by molar-refractivity contribution is -0.134. The summed E-state index contributed by atoms with van der Waals surface area (Å²) in [6, 6.07) is 9.93. The van der Waals surface area contributed by atoms with Gasteiger partial charge >= 0.3 is 0 Å². The van der Waals surface area contributed by atoms with Gasteiger partial charge in [0.25, 0.3) is 0 Å². The second kappa shape index (κ2) is 6.20. The summed E-state index contributed by atoms with van der Waals surface area (Å²) in [5, 5.41) is 9.49. The molecule has 1 N–H and O–H groups in total. The van der Waals surface area contributed by atoms with Crippen LogP contribution in [0, 0.1) is 5.92 Å². The predicted molar refractivity (Wildman–Crippen MR) is 75.8 cm³/mol. The third-order valence-corrected chi connectivity index (χ3v) is 4.26. The molecule has 3 nitrogen and oxygen atoms in total. The maximum absolute atomic E-state index is 12.7. The summed E-state index contributed by atoms with van der Waals surface area (Å²) in [5.41, 5.74) is 1.08. The highest BCUT2D eigenvalue weighted by Gasteiger charge is 2.36. The van der Waals surface area contributed by atoms with Crippen molar-refractivity contribution in [2.45, 2.75) is 38.6 Å². The fraction of sp³-hybridized carbons (Fsp3) is 0.562. The molecule has 0 aliphatic carbocycles. The van der Waals surface area contributed by atoms with Gasteiger partial charge in [0.05, 0.1) is 18.6 Å². The summed E-state index contributed by atoms with van der Waals surface area (Å²) < 4.78 is 0. The molecule has 1 fully saturated rings. The van der Waals surface area contributed by atoms with Crippen LogP contribution in [0.15, 0.2) is 30.3 Å². The van der Waals surface area contributed by atoms with Gasteiger partial charge in [-0.3, -0.25) is 4.79 Å². The van der Waals surface area contributed by atoms with Crippen molar-refractivity contribution in [3.05, 3.63) is 35.9 Å². The predicted octanol–water partition coefficient (Wildman–Crippen LogP) is 2.41. The number of aliphatic hydroxyl groups is 1. The van der Waals surface area contributed by atoms with Gasteiger partial charge in [-0.2, -0.15) is 0 Å². The van der Waals surface area contributed by atoms with Crippen molar-refractivity contribution in [2.24, 2.45) is 5.92 Å². The molecule has 3 unspecified atom stereocenters. The zero-order valence-corrected chi connectivity index (χ0v) is 11.7. The zero-order chi connectivity index (χ0) is 13.8. The third-order valence-electron chi connectivity index (χ3n) is 4.26. The van der Waals surface area contributed by atoms with E-state index in [0.717, 1.165) is 24.9 Å². The Kier molecular flexibility index (Phi) is 4.59. The summed E-state index contributed by atoms with van der Waals surface area (Å²) in [6.45, 7) is 4.99. The molecule has 1 aliphatic heterocycles. The van der Waals surface area contributed by atoms with Crippen molar-refractivity contribution < 1.29 is 9.90 Å². The molecule has 1 aromatic rings. The van der Waals surface area contributed by atoms with Crippen LogP contribution in [0.5, 0.6) is 0 Å². The zero-order valence-electron chi connectivity index (χ0n) is 11.7. The Bertz CT molecular complexity index is 418. The van der Waals surface area contributed by atoms with Gasteiger partial charge in [-0.05, 0) is 24.3 Å². The van der Waals surface area contributed by atoms with Crippen LogP contribution in [0.3, 0.4) is 0 Å². The van der Waals surface area contributed by atoms with E-state index in [0.29, 0.717) is 5.92 Å². The molecule has 1 amide bonds. The van der Waals surface area contributed by atoms with Crippen LogP contribution in [0.25, 0.3) is 0 Å². The average molecular weight is 261 g/mol. The van der Waals surface area contributed by atoms with Crippen molar-refractivity contribution >= 4 is 5.91 Å². The molecule has 0 bridgehead atoms. The number of hydrogen-bond donors (Lipinski definition) is 1. The lowest BCUT2D eigenvalue weighted by Gasteiger charge is -2.29. The molecule has 0 saturated carbocycles. The van der Waals surface area contributed by atoms with E-state index in [2.05, 4.69) is 6.92 Å². The molecule has 0 radical (unpaired) electrons. The monoisotopic (exact) mass is 261 g/mol. The molecule has 3 heteroatoms. The highest BCUT2D eigenvalue weighted by Crippen LogP contribution is 2.29. The van der Waals surface area contributed by atoms with Gasteiger partial charge < -0.3 is 10.0 Å². The number of carbonyl (C=O) groups is 1. The lowest BCUT2D eigenvalue weighted by Crippen LogP contribution is -2.42. The average Bonchev–Trinajstić information content (AvgIpc) is 2.81. The molecular formula is C16H23NO2. The van der Waals surface area contributed by atoms with E-state index >= 15 is 0 Å². The highest BCUT2D eigenvalue weighted by atomic mass is 16.3. The maximum Gasteiger partial charge on any atom is 0.230 e. The first kappa shape index (κ1) is 14.1. The molecule has 1 heterocycles. The molecule has 3 atom stereocenters. The Morgan fingerprint density at radius 2 is 2.11 bits per heavy atom. The summed E-state index contributed by atoms with van der Waals surface area (Å²) in [4.78, 5) is 14.6. The van der Waals surface area contributed by atoms with Crippen LogP contribution >= 0.6 is 0 Å².